The number of ether oxygens (including phenoxy) is 2. The van der Waals surface area contributed by atoms with Gasteiger partial charge in [-0.1, -0.05) is 70.1 Å². The zero-order valence-corrected chi connectivity index (χ0v) is 40.7. The monoisotopic (exact) mass is 988 g/mol. The number of fused-ring (bicyclic) bond motifs is 2. The van der Waals surface area contributed by atoms with Crippen LogP contribution in [-0.4, -0.2) is 90.8 Å². The number of carbonyl (C=O) groups is 2. The van der Waals surface area contributed by atoms with Crippen LogP contribution in [0, 0.1) is 0 Å². The Morgan fingerprint density at radius 1 is 0.692 bits per heavy atom. The van der Waals surface area contributed by atoms with Crippen LogP contribution < -0.4 is 31.5 Å². The van der Waals surface area contributed by atoms with Crippen LogP contribution >= 0.6 is 58.0 Å². The Morgan fingerprint density at radius 3 is 1.72 bits per heavy atom. The molecule has 0 aliphatic carbocycles. The van der Waals surface area contributed by atoms with Crippen molar-refractivity contribution >= 4 is 98.9 Å². The fraction of sp³-hybridized carbons (Fsp3) is 0.409. The van der Waals surface area contributed by atoms with Gasteiger partial charge < -0.3 is 41.0 Å². The Bertz CT molecular complexity index is 2570. The average molecular weight is 991 g/mol. The maximum Gasteiger partial charge on any atom is 0.407 e. The first kappa shape index (κ1) is 49.5. The van der Waals surface area contributed by atoms with E-state index in [9.17, 15) is 9.59 Å². The number of rotatable bonds is 9. The van der Waals surface area contributed by atoms with Crippen molar-refractivity contribution in [3.8, 4) is 0 Å². The minimum Gasteiger partial charge on any atom is -0.444 e. The predicted molar refractivity (Wildman–Crippen MR) is 259 cm³/mol. The molecule has 6 aromatic rings. The van der Waals surface area contributed by atoms with E-state index in [2.05, 4.69) is 46.7 Å². The number of benzene rings is 2. The van der Waals surface area contributed by atoms with Crippen LogP contribution in [0.25, 0.3) is 11.3 Å². The summed E-state index contributed by atoms with van der Waals surface area (Å²) in [5, 5.41) is 27.0. The lowest BCUT2D eigenvalue weighted by molar-refractivity contribution is 0.0497. The molecule has 0 saturated carbocycles. The van der Waals surface area contributed by atoms with E-state index < -0.39 is 17.3 Å². The Labute approximate surface area is 403 Å². The van der Waals surface area contributed by atoms with E-state index in [4.69, 9.17) is 72.5 Å². The number of halogens is 5. The highest BCUT2D eigenvalue weighted by Gasteiger charge is 2.28. The van der Waals surface area contributed by atoms with Crippen molar-refractivity contribution in [3.05, 3.63) is 109 Å². The van der Waals surface area contributed by atoms with Gasteiger partial charge >= 0.3 is 12.2 Å². The number of alkyl carbamates (subject to hydrolysis) is 2. The summed E-state index contributed by atoms with van der Waals surface area (Å²) in [5.41, 5.74) is 2.35. The minimum atomic E-state index is -0.523. The smallest absolute Gasteiger partial charge is 0.407 e. The molecule has 348 valence electrons. The Morgan fingerprint density at radius 2 is 1.22 bits per heavy atom. The summed E-state index contributed by atoms with van der Waals surface area (Å²) < 4.78 is 13.9. The lowest BCUT2D eigenvalue weighted by Crippen LogP contribution is -2.40. The molecule has 8 rings (SSSR count). The average Bonchev–Trinajstić information content (AvgIpc) is 4.05. The van der Waals surface area contributed by atoms with Gasteiger partial charge in [0.15, 0.2) is 11.3 Å². The van der Waals surface area contributed by atoms with Gasteiger partial charge in [-0.2, -0.15) is 19.2 Å². The first-order valence-electron chi connectivity index (χ1n) is 20.9. The van der Waals surface area contributed by atoms with Crippen molar-refractivity contribution in [2.45, 2.75) is 90.8 Å². The second kappa shape index (κ2) is 22.0. The van der Waals surface area contributed by atoms with Gasteiger partial charge in [-0.15, -0.1) is 0 Å². The highest BCUT2D eigenvalue weighted by atomic mass is 35.5. The zero-order chi connectivity index (χ0) is 46.9. The predicted octanol–water partition coefficient (Wildman–Crippen LogP) is 9.93. The van der Waals surface area contributed by atoms with Crippen LogP contribution in [0.1, 0.15) is 65.5 Å². The molecule has 2 aliphatic rings. The summed E-state index contributed by atoms with van der Waals surface area (Å²) in [6.07, 6.45) is 4.46. The largest absolute Gasteiger partial charge is 0.444 e. The maximum atomic E-state index is 12.1. The molecule has 0 unspecified atom stereocenters. The van der Waals surface area contributed by atoms with Gasteiger partial charge in [0, 0.05) is 83.1 Å². The normalized spacial score (nSPS) is 16.0. The van der Waals surface area contributed by atoms with E-state index in [1.165, 1.54) is 0 Å². The number of aromatic nitrogens is 6. The molecule has 2 fully saturated rings. The van der Waals surface area contributed by atoms with Crippen molar-refractivity contribution in [3.63, 3.8) is 0 Å². The summed E-state index contributed by atoms with van der Waals surface area (Å²) in [5.74, 6) is 2.36. The third-order valence-corrected chi connectivity index (χ3v) is 11.0. The standard InChI is InChI=1S/C22H26Cl2N6O2.C13H9Cl3N4.C9H18N2O2/c1-22(2,3)32-21(31)27-16-7-9-29(13-16)20-11-19(30-18(28-20)6-8-26-30)25-12-14-4-5-15(23)10-17(14)24;14-9-2-1-8(10(15)5-9)7-17-13-6-11(16)19-12-3-4-18-20(12)13;1-9(2,3)13-8(12)11-7-4-5-10-6-7/h4-6,8,10-11,16,25H,7,9,12-13H2,1-3H3,(H,27,31);1-6,17H,7H2;7,10H,4-6H2,1-3H3,(H,11,12)/t16-;;7-/m1.1/s1. The number of carbonyl (C=O) groups excluding carboxylic acids is 2. The lowest BCUT2D eigenvalue weighted by atomic mass is 10.2. The van der Waals surface area contributed by atoms with E-state index in [0.717, 1.165) is 66.7 Å². The summed E-state index contributed by atoms with van der Waals surface area (Å²) in [7, 11) is 0. The Kier molecular flexibility index (Phi) is 16.8. The first-order valence-corrected chi connectivity index (χ1v) is 22.8. The molecule has 2 amide bonds. The fourth-order valence-corrected chi connectivity index (χ4v) is 7.85. The second-order valence-corrected chi connectivity index (χ2v) is 19.3. The van der Waals surface area contributed by atoms with E-state index in [0.29, 0.717) is 50.5 Å². The fourth-order valence-electron chi connectivity index (χ4n) is 6.71. The maximum absolute atomic E-state index is 12.1. The van der Waals surface area contributed by atoms with Crippen molar-refractivity contribution in [2.75, 3.05) is 41.7 Å². The minimum absolute atomic E-state index is 0.00271. The van der Waals surface area contributed by atoms with Gasteiger partial charge in [0.25, 0.3) is 0 Å². The molecule has 6 heterocycles. The van der Waals surface area contributed by atoms with E-state index in [1.54, 1.807) is 51.8 Å². The number of nitrogens with zero attached hydrogens (tertiary/aromatic N) is 7. The Hall–Kier alpha value is -4.97. The van der Waals surface area contributed by atoms with Crippen LogP contribution in [0.15, 0.2) is 73.1 Å². The van der Waals surface area contributed by atoms with Crippen LogP contribution in [0.5, 0.6) is 0 Å². The van der Waals surface area contributed by atoms with Gasteiger partial charge in [-0.05, 0) is 96.3 Å². The quantitative estimate of drug-likeness (QED) is 0.0869. The molecule has 2 atom stereocenters. The molecule has 16 nitrogen and oxygen atoms in total. The molecule has 21 heteroatoms. The summed E-state index contributed by atoms with van der Waals surface area (Å²) >= 11 is 30.3. The third-order valence-electron chi connectivity index (χ3n) is 9.64. The van der Waals surface area contributed by atoms with Gasteiger partial charge in [-0.25, -0.2) is 19.6 Å². The van der Waals surface area contributed by atoms with Gasteiger partial charge in [0.1, 0.15) is 33.8 Å². The number of nitrogens with one attached hydrogen (secondary N) is 5. The molecule has 0 spiro atoms. The first-order chi connectivity index (χ1) is 30.8. The van der Waals surface area contributed by atoms with E-state index in [1.807, 2.05) is 71.9 Å². The molecule has 2 saturated heterocycles. The second-order valence-electron chi connectivity index (χ2n) is 17.3. The molecule has 2 aliphatic heterocycles. The summed E-state index contributed by atoms with van der Waals surface area (Å²) in [6, 6.07) is 18.4. The lowest BCUT2D eigenvalue weighted by Gasteiger charge is -2.22. The molecule has 65 heavy (non-hydrogen) atoms. The SMILES string of the molecule is CC(C)(C)OC(=O)N[C@@H]1CCN(c2cc(NCc3ccc(Cl)cc3Cl)n3nccc3n2)C1.CC(C)(C)OC(=O)N[C@@H]1CCNC1.Clc1ccc(CNc2cc(Cl)nc3ccnn23)c(Cl)c1. The topological polar surface area (TPSA) is 176 Å². The molecule has 0 radical (unpaired) electrons. The summed E-state index contributed by atoms with van der Waals surface area (Å²) in [4.78, 5) is 34.4. The van der Waals surface area contributed by atoms with Gasteiger partial charge in [0.05, 0.1) is 18.4 Å². The van der Waals surface area contributed by atoms with E-state index >= 15 is 0 Å². The van der Waals surface area contributed by atoms with Crippen molar-refractivity contribution < 1.29 is 19.1 Å². The van der Waals surface area contributed by atoms with Gasteiger partial charge in [0.2, 0.25) is 0 Å². The number of anilines is 3. The number of amides is 2. The zero-order valence-electron chi connectivity index (χ0n) is 36.9. The van der Waals surface area contributed by atoms with E-state index in [-0.39, 0.29) is 18.2 Å². The molecular weight excluding hydrogens is 938 g/mol. The molecule has 2 aromatic carbocycles. The van der Waals surface area contributed by atoms with Crippen molar-refractivity contribution in [1.29, 1.82) is 0 Å². The molecule has 4 aromatic heterocycles. The van der Waals surface area contributed by atoms with Crippen LogP contribution in [0.3, 0.4) is 0 Å². The number of hydrogen-bond donors (Lipinski definition) is 5. The van der Waals surface area contributed by atoms with Crippen LogP contribution in [0.2, 0.25) is 25.2 Å². The Balaban J connectivity index is 0.000000180. The molecule has 5 N–H and O–H groups in total. The van der Waals surface area contributed by atoms with Gasteiger partial charge in [-0.3, -0.25) is 0 Å². The summed E-state index contributed by atoms with van der Waals surface area (Å²) in [6.45, 7) is 15.4. The molecular formula is C44H53Cl5N12O4. The highest BCUT2D eigenvalue weighted by molar-refractivity contribution is 6.35. The third kappa shape index (κ3) is 15.0. The van der Waals surface area contributed by atoms with Crippen molar-refractivity contribution in [2.24, 2.45) is 0 Å². The molecule has 0 bridgehead atoms. The highest BCUT2D eigenvalue weighted by Crippen LogP contribution is 2.27. The van der Waals surface area contributed by atoms with Crippen LogP contribution in [-0.2, 0) is 22.6 Å². The van der Waals surface area contributed by atoms with Crippen molar-refractivity contribution in [1.82, 2.24) is 45.1 Å². The van der Waals surface area contributed by atoms with Crippen LogP contribution in [0.4, 0.5) is 27.0 Å². The number of hydrogen-bond acceptors (Lipinski definition) is 12.